The molecule has 0 N–H and O–H groups in total. The Morgan fingerprint density at radius 1 is 1.37 bits per heavy atom. The third-order valence-corrected chi connectivity index (χ3v) is 3.21. The number of ether oxygens (including phenoxy) is 2. The molecule has 0 aliphatic heterocycles. The number of esters is 1. The van der Waals surface area contributed by atoms with Gasteiger partial charge in [0.25, 0.3) is 0 Å². The van der Waals surface area contributed by atoms with Crippen molar-refractivity contribution in [2.24, 2.45) is 5.92 Å². The van der Waals surface area contributed by atoms with Crippen LogP contribution in [0.25, 0.3) is 0 Å². The van der Waals surface area contributed by atoms with Crippen molar-refractivity contribution in [3.63, 3.8) is 0 Å². The van der Waals surface area contributed by atoms with Crippen LogP contribution in [0.1, 0.15) is 32.8 Å². The van der Waals surface area contributed by atoms with Crippen LogP contribution >= 0.6 is 11.6 Å². The number of halogens is 1. The summed E-state index contributed by atoms with van der Waals surface area (Å²) in [7, 11) is 0. The SMILES string of the molecule is CC[C@@H](C)COC(=O)[C@@H](C)Oc1ccc(Cl)cc1C. The average Bonchev–Trinajstić information content (AvgIpc) is 2.38. The summed E-state index contributed by atoms with van der Waals surface area (Å²) in [5.41, 5.74) is 0.897. The molecule has 0 bridgehead atoms. The van der Waals surface area contributed by atoms with Gasteiger partial charge in [0.05, 0.1) is 6.61 Å². The van der Waals surface area contributed by atoms with Gasteiger partial charge in [-0.2, -0.15) is 0 Å². The zero-order valence-corrected chi connectivity index (χ0v) is 12.7. The van der Waals surface area contributed by atoms with Crippen LogP contribution in [0.4, 0.5) is 0 Å². The second-order valence-corrected chi connectivity index (χ2v) is 5.25. The van der Waals surface area contributed by atoms with Gasteiger partial charge in [-0.15, -0.1) is 0 Å². The van der Waals surface area contributed by atoms with Gasteiger partial charge in [0.15, 0.2) is 6.10 Å². The molecule has 0 saturated carbocycles. The summed E-state index contributed by atoms with van der Waals surface area (Å²) in [6.07, 6.45) is 0.364. The van der Waals surface area contributed by atoms with Gasteiger partial charge >= 0.3 is 5.97 Å². The quantitative estimate of drug-likeness (QED) is 0.741. The average molecular weight is 285 g/mol. The number of rotatable bonds is 6. The molecule has 2 atom stereocenters. The predicted molar refractivity (Wildman–Crippen MR) is 76.7 cm³/mol. The molecule has 19 heavy (non-hydrogen) atoms. The lowest BCUT2D eigenvalue weighted by atomic mass is 10.1. The molecular weight excluding hydrogens is 264 g/mol. The Hall–Kier alpha value is -1.22. The molecule has 0 aliphatic carbocycles. The molecule has 0 radical (unpaired) electrons. The van der Waals surface area contributed by atoms with Gasteiger partial charge in [-0.25, -0.2) is 4.79 Å². The van der Waals surface area contributed by atoms with Crippen LogP contribution < -0.4 is 4.74 Å². The van der Waals surface area contributed by atoms with E-state index in [2.05, 4.69) is 6.92 Å². The van der Waals surface area contributed by atoms with Crippen LogP contribution in [0.15, 0.2) is 18.2 Å². The minimum atomic E-state index is -0.621. The van der Waals surface area contributed by atoms with Gasteiger partial charge in [-0.1, -0.05) is 31.9 Å². The Morgan fingerprint density at radius 3 is 2.63 bits per heavy atom. The predicted octanol–water partition coefficient (Wildman–Crippen LogP) is 4.01. The Balaban J connectivity index is 2.54. The summed E-state index contributed by atoms with van der Waals surface area (Å²) in [5, 5.41) is 0.650. The molecule has 0 fully saturated rings. The first-order chi connectivity index (χ1) is 8.93. The first kappa shape index (κ1) is 15.8. The van der Waals surface area contributed by atoms with Gasteiger partial charge in [0.2, 0.25) is 0 Å². The van der Waals surface area contributed by atoms with Crippen LogP contribution in [0.3, 0.4) is 0 Å². The van der Waals surface area contributed by atoms with E-state index < -0.39 is 6.10 Å². The molecule has 1 aromatic carbocycles. The fourth-order valence-electron chi connectivity index (χ4n) is 1.44. The Labute approximate surface area is 119 Å². The Kier molecular flexibility index (Phi) is 6.16. The second kappa shape index (κ2) is 7.39. The number of hydrogen-bond acceptors (Lipinski definition) is 3. The van der Waals surface area contributed by atoms with E-state index in [1.165, 1.54) is 0 Å². The summed E-state index contributed by atoms with van der Waals surface area (Å²) in [6.45, 7) is 8.12. The second-order valence-electron chi connectivity index (χ2n) is 4.81. The molecule has 1 aromatic rings. The lowest BCUT2D eigenvalue weighted by Gasteiger charge is -2.17. The molecule has 3 nitrogen and oxygen atoms in total. The zero-order chi connectivity index (χ0) is 14.4. The number of benzene rings is 1. The van der Waals surface area contributed by atoms with Crippen molar-refractivity contribution in [1.29, 1.82) is 0 Å². The normalized spacial score (nSPS) is 13.7. The van der Waals surface area contributed by atoms with Gasteiger partial charge in [0, 0.05) is 5.02 Å². The van der Waals surface area contributed by atoms with E-state index in [4.69, 9.17) is 21.1 Å². The molecular formula is C15H21ClO3. The fourth-order valence-corrected chi connectivity index (χ4v) is 1.67. The van der Waals surface area contributed by atoms with Crippen LogP contribution in [0.2, 0.25) is 5.02 Å². The van der Waals surface area contributed by atoms with Crippen molar-refractivity contribution in [1.82, 2.24) is 0 Å². The third kappa shape index (κ3) is 5.11. The van der Waals surface area contributed by atoms with Crippen molar-refractivity contribution in [3.8, 4) is 5.75 Å². The molecule has 106 valence electrons. The molecule has 0 unspecified atom stereocenters. The monoisotopic (exact) mass is 284 g/mol. The van der Waals surface area contributed by atoms with Crippen molar-refractivity contribution < 1.29 is 14.3 Å². The summed E-state index contributed by atoms with van der Waals surface area (Å²) >= 11 is 5.87. The highest BCUT2D eigenvalue weighted by Gasteiger charge is 2.18. The van der Waals surface area contributed by atoms with Gasteiger partial charge < -0.3 is 9.47 Å². The van der Waals surface area contributed by atoms with Crippen molar-refractivity contribution in [2.45, 2.75) is 40.2 Å². The standard InChI is InChI=1S/C15H21ClO3/c1-5-10(2)9-18-15(17)12(4)19-14-7-6-13(16)8-11(14)3/h6-8,10,12H,5,9H2,1-4H3/t10-,12-/m1/s1. The molecule has 0 amide bonds. The molecule has 0 aromatic heterocycles. The van der Waals surface area contributed by atoms with Crippen molar-refractivity contribution in [3.05, 3.63) is 28.8 Å². The highest BCUT2D eigenvalue weighted by molar-refractivity contribution is 6.30. The summed E-state index contributed by atoms with van der Waals surface area (Å²) in [5.74, 6) is 0.681. The van der Waals surface area contributed by atoms with E-state index in [1.807, 2.05) is 13.8 Å². The van der Waals surface area contributed by atoms with E-state index in [0.717, 1.165) is 12.0 Å². The topological polar surface area (TPSA) is 35.5 Å². The Bertz CT molecular complexity index is 431. The van der Waals surface area contributed by atoms with Crippen LogP contribution in [-0.2, 0) is 9.53 Å². The minimum absolute atomic E-state index is 0.338. The fraction of sp³-hybridized carbons (Fsp3) is 0.533. The summed E-state index contributed by atoms with van der Waals surface area (Å²) in [4.78, 5) is 11.8. The van der Waals surface area contributed by atoms with Crippen LogP contribution in [-0.4, -0.2) is 18.7 Å². The van der Waals surface area contributed by atoms with Crippen molar-refractivity contribution in [2.75, 3.05) is 6.61 Å². The van der Waals surface area contributed by atoms with Gasteiger partial charge in [0.1, 0.15) is 5.75 Å². The number of hydrogen-bond donors (Lipinski definition) is 0. The zero-order valence-electron chi connectivity index (χ0n) is 11.9. The highest BCUT2D eigenvalue weighted by Crippen LogP contribution is 2.23. The van der Waals surface area contributed by atoms with Gasteiger partial charge in [-0.3, -0.25) is 0 Å². The first-order valence-electron chi connectivity index (χ1n) is 6.53. The molecule has 0 heterocycles. The number of carbonyl (C=O) groups is 1. The third-order valence-electron chi connectivity index (χ3n) is 2.98. The Morgan fingerprint density at radius 2 is 2.05 bits per heavy atom. The van der Waals surface area contributed by atoms with E-state index in [9.17, 15) is 4.79 Å². The van der Waals surface area contributed by atoms with E-state index in [0.29, 0.717) is 23.3 Å². The molecule has 0 spiro atoms. The number of carbonyl (C=O) groups excluding carboxylic acids is 1. The molecule has 0 aliphatic rings. The maximum Gasteiger partial charge on any atom is 0.347 e. The summed E-state index contributed by atoms with van der Waals surface area (Å²) < 4.78 is 10.8. The highest BCUT2D eigenvalue weighted by atomic mass is 35.5. The first-order valence-corrected chi connectivity index (χ1v) is 6.91. The minimum Gasteiger partial charge on any atom is -0.479 e. The summed E-state index contributed by atoms with van der Waals surface area (Å²) in [6, 6.07) is 5.30. The molecule has 4 heteroatoms. The van der Waals surface area contributed by atoms with E-state index >= 15 is 0 Å². The largest absolute Gasteiger partial charge is 0.479 e. The van der Waals surface area contributed by atoms with Gasteiger partial charge in [-0.05, 0) is 43.5 Å². The maximum absolute atomic E-state index is 11.8. The molecule has 0 saturated heterocycles. The van der Waals surface area contributed by atoms with Crippen molar-refractivity contribution >= 4 is 17.6 Å². The lowest BCUT2D eigenvalue weighted by Crippen LogP contribution is -2.27. The van der Waals surface area contributed by atoms with Crippen LogP contribution in [0.5, 0.6) is 5.75 Å². The molecule has 1 rings (SSSR count). The maximum atomic E-state index is 11.8. The van der Waals surface area contributed by atoms with Crippen LogP contribution in [0, 0.1) is 12.8 Å². The van der Waals surface area contributed by atoms with E-state index in [1.54, 1.807) is 25.1 Å². The lowest BCUT2D eigenvalue weighted by molar-refractivity contribution is -0.152. The number of aryl methyl sites for hydroxylation is 1. The smallest absolute Gasteiger partial charge is 0.347 e. The van der Waals surface area contributed by atoms with E-state index in [-0.39, 0.29) is 5.97 Å².